The minimum atomic E-state index is -0.541. The van der Waals surface area contributed by atoms with Gasteiger partial charge in [0.1, 0.15) is 12.1 Å². The lowest BCUT2D eigenvalue weighted by Gasteiger charge is -2.24. The number of benzene rings is 1. The molecule has 134 valence electrons. The molecule has 0 aliphatic carbocycles. The number of thiocarbonyl (C=S) groups is 1. The highest BCUT2D eigenvalue weighted by Crippen LogP contribution is 2.25. The summed E-state index contributed by atoms with van der Waals surface area (Å²) in [4.78, 5) is 37.6. The van der Waals surface area contributed by atoms with Crippen LogP contribution in [0.25, 0.3) is 17.0 Å². The van der Waals surface area contributed by atoms with Gasteiger partial charge >= 0.3 is 5.97 Å². The van der Waals surface area contributed by atoms with Crippen molar-refractivity contribution in [3.63, 3.8) is 0 Å². The lowest BCUT2D eigenvalue weighted by atomic mass is 10.1. The Labute approximate surface area is 155 Å². The van der Waals surface area contributed by atoms with E-state index in [4.69, 9.17) is 17.0 Å². The third kappa shape index (κ3) is 3.23. The maximum absolute atomic E-state index is 12.4. The molecule has 0 bridgehead atoms. The molecule has 1 aliphatic heterocycles. The molecule has 3 rings (SSSR count). The average Bonchev–Trinajstić information content (AvgIpc) is 2.95. The van der Waals surface area contributed by atoms with Gasteiger partial charge in [-0.2, -0.15) is 0 Å². The average molecular weight is 371 g/mol. The van der Waals surface area contributed by atoms with Crippen molar-refractivity contribution in [1.29, 1.82) is 0 Å². The molecule has 26 heavy (non-hydrogen) atoms. The fourth-order valence-corrected chi connectivity index (χ4v) is 2.94. The minimum Gasteiger partial charge on any atom is -0.465 e. The number of para-hydroxylation sites is 1. The van der Waals surface area contributed by atoms with E-state index in [0.29, 0.717) is 12.2 Å². The molecule has 1 aliphatic rings. The van der Waals surface area contributed by atoms with Gasteiger partial charge in [-0.15, -0.1) is 0 Å². The van der Waals surface area contributed by atoms with E-state index in [1.54, 1.807) is 17.7 Å². The Balaban J connectivity index is 2.05. The van der Waals surface area contributed by atoms with E-state index in [2.05, 4.69) is 5.32 Å². The van der Waals surface area contributed by atoms with Gasteiger partial charge < -0.3 is 9.30 Å². The number of hydrogen-bond acceptors (Lipinski definition) is 5. The van der Waals surface area contributed by atoms with Crippen LogP contribution < -0.4 is 5.32 Å². The molecular weight excluding hydrogens is 354 g/mol. The van der Waals surface area contributed by atoms with Crippen molar-refractivity contribution < 1.29 is 19.1 Å². The van der Waals surface area contributed by atoms with Gasteiger partial charge in [0.2, 0.25) is 0 Å². The normalized spacial score (nSPS) is 16.3. The molecule has 0 spiro atoms. The molecule has 0 saturated carbocycles. The number of aromatic nitrogens is 1. The minimum absolute atomic E-state index is 0.0138. The fraction of sp³-hybridized carbons (Fsp3) is 0.222. The van der Waals surface area contributed by atoms with Crippen LogP contribution in [-0.4, -0.2) is 46.0 Å². The first-order valence-electron chi connectivity index (χ1n) is 8.01. The van der Waals surface area contributed by atoms with Gasteiger partial charge in [-0.25, -0.2) is 0 Å². The quantitative estimate of drug-likeness (QED) is 0.381. The zero-order valence-electron chi connectivity index (χ0n) is 14.3. The van der Waals surface area contributed by atoms with Crippen molar-refractivity contribution >= 4 is 52.1 Å². The number of rotatable bonds is 4. The first-order chi connectivity index (χ1) is 12.4. The number of nitrogens with one attached hydrogen (secondary N) is 1. The Morgan fingerprint density at radius 3 is 2.77 bits per heavy atom. The number of esters is 1. The summed E-state index contributed by atoms with van der Waals surface area (Å²) in [5, 5.41) is 3.37. The second kappa shape index (κ2) is 7.09. The van der Waals surface area contributed by atoms with Crippen LogP contribution in [0.15, 0.2) is 36.0 Å². The number of carbonyl (C=O) groups excluding carboxylic acids is 3. The van der Waals surface area contributed by atoms with Gasteiger partial charge in [0.05, 0.1) is 6.61 Å². The van der Waals surface area contributed by atoms with E-state index < -0.39 is 11.8 Å². The van der Waals surface area contributed by atoms with Crippen molar-refractivity contribution in [2.24, 2.45) is 0 Å². The Morgan fingerprint density at radius 2 is 2.04 bits per heavy atom. The van der Waals surface area contributed by atoms with Crippen molar-refractivity contribution in [1.82, 2.24) is 14.8 Å². The molecule has 2 amide bonds. The van der Waals surface area contributed by atoms with Crippen LogP contribution in [0.4, 0.5) is 0 Å². The summed E-state index contributed by atoms with van der Waals surface area (Å²) in [5.74, 6) is -1.37. The number of fused-ring (bicyclic) bond motifs is 1. The van der Waals surface area contributed by atoms with Crippen LogP contribution in [0.5, 0.6) is 0 Å². The summed E-state index contributed by atoms with van der Waals surface area (Å²) in [6, 6.07) is 7.43. The molecule has 2 aromatic rings. The van der Waals surface area contributed by atoms with Crippen LogP contribution in [0.2, 0.25) is 0 Å². The Morgan fingerprint density at radius 1 is 1.31 bits per heavy atom. The molecule has 1 N–H and O–H groups in total. The molecule has 1 saturated heterocycles. The summed E-state index contributed by atoms with van der Waals surface area (Å²) < 4.78 is 6.73. The van der Waals surface area contributed by atoms with Gasteiger partial charge in [0.15, 0.2) is 5.11 Å². The smallest absolute Gasteiger partial charge is 0.325 e. The van der Waals surface area contributed by atoms with Gasteiger partial charge in [-0.05, 0) is 31.3 Å². The summed E-state index contributed by atoms with van der Waals surface area (Å²) in [6.45, 7) is 2.09. The maximum Gasteiger partial charge on any atom is 0.325 e. The van der Waals surface area contributed by atoms with Crippen LogP contribution in [0, 0.1) is 0 Å². The predicted molar refractivity (Wildman–Crippen MR) is 100 cm³/mol. The second-order valence-electron chi connectivity index (χ2n) is 5.72. The molecule has 1 aromatic carbocycles. The predicted octanol–water partition coefficient (Wildman–Crippen LogP) is 1.46. The van der Waals surface area contributed by atoms with Crippen LogP contribution in [0.3, 0.4) is 0 Å². The van der Waals surface area contributed by atoms with E-state index in [9.17, 15) is 14.4 Å². The Kier molecular flexibility index (Phi) is 4.85. The van der Waals surface area contributed by atoms with Crippen molar-refractivity contribution in [2.45, 2.75) is 13.5 Å². The van der Waals surface area contributed by atoms with E-state index in [1.807, 2.05) is 24.3 Å². The summed E-state index contributed by atoms with van der Waals surface area (Å²) >= 11 is 4.94. The van der Waals surface area contributed by atoms with Crippen LogP contribution >= 0.6 is 12.2 Å². The van der Waals surface area contributed by atoms with E-state index in [1.165, 1.54) is 18.0 Å². The van der Waals surface area contributed by atoms with E-state index in [0.717, 1.165) is 10.9 Å². The van der Waals surface area contributed by atoms with Gasteiger partial charge in [-0.1, -0.05) is 18.2 Å². The van der Waals surface area contributed by atoms with E-state index in [-0.39, 0.29) is 23.2 Å². The topological polar surface area (TPSA) is 80.6 Å². The summed E-state index contributed by atoms with van der Waals surface area (Å²) in [6.07, 6.45) is 3.24. The maximum atomic E-state index is 12.4. The highest BCUT2D eigenvalue weighted by Gasteiger charge is 2.31. The fourth-order valence-electron chi connectivity index (χ4n) is 2.77. The first-order valence-corrected chi connectivity index (χ1v) is 8.41. The second-order valence-corrected chi connectivity index (χ2v) is 6.10. The molecule has 1 aromatic heterocycles. The lowest BCUT2D eigenvalue weighted by Crippen LogP contribution is -2.52. The van der Waals surface area contributed by atoms with Gasteiger partial charge in [0.25, 0.3) is 11.8 Å². The monoisotopic (exact) mass is 371 g/mol. The Hall–Kier alpha value is -3.00. The van der Waals surface area contributed by atoms with Gasteiger partial charge in [0, 0.05) is 29.7 Å². The molecule has 7 nitrogen and oxygen atoms in total. The summed E-state index contributed by atoms with van der Waals surface area (Å²) in [7, 11) is 1.50. The van der Waals surface area contributed by atoms with Gasteiger partial charge in [-0.3, -0.25) is 24.6 Å². The van der Waals surface area contributed by atoms with Crippen LogP contribution in [-0.2, 0) is 25.7 Å². The zero-order valence-corrected chi connectivity index (χ0v) is 15.1. The van der Waals surface area contributed by atoms with Crippen molar-refractivity contribution in [3.8, 4) is 0 Å². The standard InChI is InChI=1S/C18H17N3O4S/c1-3-25-15(22)10-21-9-11(12-6-4-5-7-14(12)21)8-13-16(23)19-18(26)20(2)17(13)24/h4-9H,3,10H2,1-2H3,(H,19,23,26)/b13-8+. The highest BCUT2D eigenvalue weighted by atomic mass is 32.1. The molecular formula is C18H17N3O4S. The third-order valence-corrected chi connectivity index (χ3v) is 4.40. The molecule has 0 unspecified atom stereocenters. The molecule has 1 fully saturated rings. The SMILES string of the molecule is CCOC(=O)Cn1cc(/C=C2\C(=O)NC(=S)N(C)C2=O)c2ccccc21. The molecule has 8 heteroatoms. The Bertz CT molecular complexity index is 960. The summed E-state index contributed by atoms with van der Waals surface area (Å²) in [5.41, 5.74) is 1.45. The number of likely N-dealkylation sites (N-methyl/N-ethyl adjacent to an activating group) is 1. The number of amides is 2. The number of carbonyl (C=O) groups is 3. The van der Waals surface area contributed by atoms with E-state index >= 15 is 0 Å². The number of ether oxygens (including phenoxy) is 1. The largest absolute Gasteiger partial charge is 0.465 e. The molecule has 2 heterocycles. The first kappa shape index (κ1) is 17.8. The molecule has 0 radical (unpaired) electrons. The highest BCUT2D eigenvalue weighted by molar-refractivity contribution is 7.80. The molecule has 0 atom stereocenters. The third-order valence-electron chi connectivity index (χ3n) is 4.03. The van der Waals surface area contributed by atoms with Crippen molar-refractivity contribution in [3.05, 3.63) is 41.6 Å². The lowest BCUT2D eigenvalue weighted by molar-refractivity contribution is -0.143. The number of hydrogen-bond donors (Lipinski definition) is 1. The van der Waals surface area contributed by atoms with Crippen molar-refractivity contribution in [2.75, 3.05) is 13.7 Å². The van der Waals surface area contributed by atoms with Crippen LogP contribution in [0.1, 0.15) is 12.5 Å². The number of nitrogens with zero attached hydrogens (tertiary/aromatic N) is 2. The zero-order chi connectivity index (χ0) is 18.8.